The van der Waals surface area contributed by atoms with Crippen molar-refractivity contribution in [3.05, 3.63) is 49.9 Å². The molecule has 6 heteroatoms. The predicted molar refractivity (Wildman–Crippen MR) is 97.6 cm³/mol. The molecule has 0 bridgehead atoms. The van der Waals surface area contributed by atoms with Crippen molar-refractivity contribution in [1.82, 2.24) is 15.6 Å². The molecular weight excluding hydrogens is 360 g/mol. The third-order valence-electron chi connectivity index (χ3n) is 3.30. The summed E-state index contributed by atoms with van der Waals surface area (Å²) in [7, 11) is 1.79. The quantitative estimate of drug-likeness (QED) is 0.616. The highest BCUT2D eigenvalue weighted by Crippen LogP contribution is 2.16. The molecule has 22 heavy (non-hydrogen) atoms. The number of aliphatic imine (C=N–C) groups is 1. The maximum Gasteiger partial charge on any atom is 0.191 e. The van der Waals surface area contributed by atoms with Crippen molar-refractivity contribution in [2.75, 3.05) is 13.6 Å². The van der Waals surface area contributed by atoms with Crippen molar-refractivity contribution >= 4 is 33.2 Å². The lowest BCUT2D eigenvalue weighted by Gasteiger charge is -2.11. The average molecular weight is 381 g/mol. The van der Waals surface area contributed by atoms with E-state index >= 15 is 0 Å². The molecule has 0 fully saturated rings. The van der Waals surface area contributed by atoms with Gasteiger partial charge in [0.25, 0.3) is 0 Å². The van der Waals surface area contributed by atoms with E-state index in [1.54, 1.807) is 18.4 Å². The van der Waals surface area contributed by atoms with Crippen LogP contribution in [0.25, 0.3) is 0 Å². The lowest BCUT2D eigenvalue weighted by atomic mass is 10.2. The third kappa shape index (κ3) is 5.10. The molecule has 2 rings (SSSR count). The first-order valence-corrected chi connectivity index (χ1v) is 8.81. The summed E-state index contributed by atoms with van der Waals surface area (Å²) in [6.07, 6.45) is 0.915. The Balaban J connectivity index is 1.76. The SMILES string of the molecule is CN=C(NCCc1nc(C)c(C)s1)NCc1ccc(Br)cc1. The standard InChI is InChI=1S/C16H21BrN4S/c1-11-12(2)22-15(21-11)8-9-19-16(18-3)20-10-13-4-6-14(17)7-5-13/h4-7H,8-10H2,1-3H3,(H2,18,19,20). The van der Waals surface area contributed by atoms with Crippen molar-refractivity contribution in [1.29, 1.82) is 0 Å². The van der Waals surface area contributed by atoms with Crippen LogP contribution in [-0.4, -0.2) is 24.5 Å². The molecule has 0 atom stereocenters. The van der Waals surface area contributed by atoms with Gasteiger partial charge in [-0.25, -0.2) is 4.98 Å². The Hall–Kier alpha value is -1.40. The molecule has 2 N–H and O–H groups in total. The topological polar surface area (TPSA) is 49.3 Å². The van der Waals surface area contributed by atoms with Gasteiger partial charge in [-0.15, -0.1) is 11.3 Å². The van der Waals surface area contributed by atoms with E-state index in [9.17, 15) is 0 Å². The fourth-order valence-corrected chi connectivity index (χ4v) is 3.14. The Labute approximate surface area is 144 Å². The number of aryl methyl sites for hydroxylation is 2. The number of nitrogens with zero attached hydrogens (tertiary/aromatic N) is 2. The van der Waals surface area contributed by atoms with Gasteiger partial charge in [0.1, 0.15) is 0 Å². The second-order valence-electron chi connectivity index (χ2n) is 4.98. The zero-order valence-electron chi connectivity index (χ0n) is 13.1. The van der Waals surface area contributed by atoms with Crippen LogP contribution in [0.4, 0.5) is 0 Å². The number of halogens is 1. The van der Waals surface area contributed by atoms with E-state index in [0.717, 1.165) is 35.6 Å². The fourth-order valence-electron chi connectivity index (χ4n) is 1.94. The summed E-state index contributed by atoms with van der Waals surface area (Å²) in [5.41, 5.74) is 2.36. The average Bonchev–Trinajstić information content (AvgIpc) is 2.83. The highest BCUT2D eigenvalue weighted by atomic mass is 79.9. The van der Waals surface area contributed by atoms with Crippen LogP contribution in [0, 0.1) is 13.8 Å². The zero-order chi connectivity index (χ0) is 15.9. The van der Waals surface area contributed by atoms with Gasteiger partial charge in [0.15, 0.2) is 5.96 Å². The molecule has 0 aliphatic carbocycles. The summed E-state index contributed by atoms with van der Waals surface area (Å²) in [6, 6.07) is 8.26. The maximum atomic E-state index is 4.55. The van der Waals surface area contributed by atoms with Crippen LogP contribution in [0.3, 0.4) is 0 Å². The van der Waals surface area contributed by atoms with Gasteiger partial charge in [-0.1, -0.05) is 28.1 Å². The normalized spacial score (nSPS) is 11.5. The third-order valence-corrected chi connectivity index (χ3v) is 4.96. The molecule has 0 saturated carbocycles. The fraction of sp³-hybridized carbons (Fsp3) is 0.375. The molecule has 2 aromatic rings. The van der Waals surface area contributed by atoms with Crippen LogP contribution in [0.2, 0.25) is 0 Å². The molecule has 0 amide bonds. The van der Waals surface area contributed by atoms with E-state index < -0.39 is 0 Å². The van der Waals surface area contributed by atoms with Crippen LogP contribution in [0.5, 0.6) is 0 Å². The van der Waals surface area contributed by atoms with E-state index in [1.807, 2.05) is 12.1 Å². The van der Waals surface area contributed by atoms with Gasteiger partial charge in [-0.05, 0) is 31.5 Å². The number of rotatable bonds is 5. The Morgan fingerprint density at radius 1 is 1.23 bits per heavy atom. The monoisotopic (exact) mass is 380 g/mol. The highest BCUT2D eigenvalue weighted by Gasteiger charge is 2.04. The first kappa shape index (κ1) is 17.0. The number of thiazole rings is 1. The summed E-state index contributed by atoms with van der Waals surface area (Å²) >= 11 is 5.21. The molecule has 4 nitrogen and oxygen atoms in total. The molecule has 0 unspecified atom stereocenters. The van der Waals surface area contributed by atoms with E-state index in [0.29, 0.717) is 0 Å². The number of benzene rings is 1. The second kappa shape index (κ2) is 8.29. The van der Waals surface area contributed by atoms with Gasteiger partial charge >= 0.3 is 0 Å². The van der Waals surface area contributed by atoms with E-state index in [4.69, 9.17) is 0 Å². The largest absolute Gasteiger partial charge is 0.356 e. The van der Waals surface area contributed by atoms with E-state index in [-0.39, 0.29) is 0 Å². The van der Waals surface area contributed by atoms with Crippen LogP contribution in [0.15, 0.2) is 33.7 Å². The first-order chi connectivity index (χ1) is 10.6. The highest BCUT2D eigenvalue weighted by molar-refractivity contribution is 9.10. The number of guanidine groups is 1. The molecule has 1 aromatic carbocycles. The predicted octanol–water partition coefficient (Wildman–Crippen LogP) is 3.43. The Morgan fingerprint density at radius 2 is 1.95 bits per heavy atom. The van der Waals surface area contributed by atoms with Crippen molar-refractivity contribution < 1.29 is 0 Å². The van der Waals surface area contributed by atoms with Gasteiger partial charge in [0, 0.05) is 35.9 Å². The Bertz CT molecular complexity index is 615. The van der Waals surface area contributed by atoms with E-state index in [1.165, 1.54) is 15.4 Å². The van der Waals surface area contributed by atoms with Gasteiger partial charge < -0.3 is 10.6 Å². The van der Waals surface area contributed by atoms with Gasteiger partial charge in [0.2, 0.25) is 0 Å². The minimum atomic E-state index is 0.752. The summed E-state index contributed by atoms with van der Waals surface area (Å²) in [5.74, 6) is 0.813. The minimum Gasteiger partial charge on any atom is -0.356 e. The van der Waals surface area contributed by atoms with Gasteiger partial charge in [-0.2, -0.15) is 0 Å². The Kier molecular flexibility index (Phi) is 6.39. The number of hydrogen-bond donors (Lipinski definition) is 2. The van der Waals surface area contributed by atoms with Crippen LogP contribution >= 0.6 is 27.3 Å². The molecule has 0 spiro atoms. The summed E-state index contributed by atoms with van der Waals surface area (Å²) in [5, 5.41) is 7.81. The molecule has 0 radical (unpaired) electrons. The van der Waals surface area contributed by atoms with Crippen molar-refractivity contribution in [3.8, 4) is 0 Å². The molecule has 0 aliphatic heterocycles. The van der Waals surface area contributed by atoms with Crippen molar-refractivity contribution in [2.24, 2.45) is 4.99 Å². The lowest BCUT2D eigenvalue weighted by molar-refractivity contribution is 0.791. The molecule has 1 heterocycles. The maximum absolute atomic E-state index is 4.55. The van der Waals surface area contributed by atoms with Crippen molar-refractivity contribution in [2.45, 2.75) is 26.8 Å². The summed E-state index contributed by atoms with van der Waals surface area (Å²) in [6.45, 7) is 5.75. The van der Waals surface area contributed by atoms with E-state index in [2.05, 4.69) is 62.5 Å². The van der Waals surface area contributed by atoms with Crippen LogP contribution in [0.1, 0.15) is 21.1 Å². The van der Waals surface area contributed by atoms with Gasteiger partial charge in [-0.3, -0.25) is 4.99 Å². The van der Waals surface area contributed by atoms with Crippen molar-refractivity contribution in [3.63, 3.8) is 0 Å². The second-order valence-corrected chi connectivity index (χ2v) is 7.18. The zero-order valence-corrected chi connectivity index (χ0v) is 15.5. The molecular formula is C16H21BrN4S. The molecule has 118 valence electrons. The van der Waals surface area contributed by atoms with Crippen LogP contribution < -0.4 is 10.6 Å². The number of hydrogen-bond acceptors (Lipinski definition) is 3. The Morgan fingerprint density at radius 3 is 2.55 bits per heavy atom. The summed E-state index contributed by atoms with van der Waals surface area (Å²) < 4.78 is 1.09. The smallest absolute Gasteiger partial charge is 0.191 e. The van der Waals surface area contributed by atoms with Crippen LogP contribution in [-0.2, 0) is 13.0 Å². The molecule has 0 aliphatic rings. The minimum absolute atomic E-state index is 0.752. The lowest BCUT2D eigenvalue weighted by Crippen LogP contribution is -2.37. The summed E-state index contributed by atoms with van der Waals surface area (Å²) in [4.78, 5) is 10.1. The molecule has 1 aromatic heterocycles. The van der Waals surface area contributed by atoms with Gasteiger partial charge in [0.05, 0.1) is 10.7 Å². The number of aromatic nitrogens is 1. The number of nitrogens with one attached hydrogen (secondary N) is 2. The molecule has 0 saturated heterocycles. The first-order valence-electron chi connectivity index (χ1n) is 7.20.